The topological polar surface area (TPSA) is 60.2 Å². The molecule has 0 spiro atoms. The molecule has 1 aliphatic rings. The quantitative estimate of drug-likeness (QED) is 0.535. The molecule has 7 heteroatoms. The van der Waals surface area contributed by atoms with Crippen LogP contribution in [0.4, 0.5) is 5.69 Å². The Morgan fingerprint density at radius 1 is 1.15 bits per heavy atom. The molecule has 2 heterocycles. The molecule has 2 N–H and O–H groups in total. The van der Waals surface area contributed by atoms with Crippen LogP contribution < -0.4 is 4.90 Å². The van der Waals surface area contributed by atoms with E-state index in [2.05, 4.69) is 4.98 Å². The van der Waals surface area contributed by atoms with Gasteiger partial charge >= 0.3 is 0 Å². The van der Waals surface area contributed by atoms with Crippen molar-refractivity contribution in [2.24, 2.45) is 0 Å². The van der Waals surface area contributed by atoms with Crippen LogP contribution in [-0.2, 0) is 0 Å². The summed E-state index contributed by atoms with van der Waals surface area (Å²) in [4.78, 5) is 6.34. The molecule has 0 saturated carbocycles. The van der Waals surface area contributed by atoms with Crippen LogP contribution >= 0.6 is 34.5 Å². The van der Waals surface area contributed by atoms with Gasteiger partial charge in [0.05, 0.1) is 17.8 Å². The molecule has 4 rings (SSSR count). The first-order chi connectivity index (χ1) is 12.9. The first-order valence-electron chi connectivity index (χ1n) is 8.20. The number of amidine groups is 1. The van der Waals surface area contributed by atoms with Gasteiger partial charge in [0.15, 0.2) is 0 Å². The van der Waals surface area contributed by atoms with Crippen LogP contribution in [0.25, 0.3) is 16.8 Å². The van der Waals surface area contributed by atoms with Gasteiger partial charge in [0.25, 0.3) is 0 Å². The number of hydrogen-bond donors (Lipinski definition) is 2. The largest absolute Gasteiger partial charge is 0.510 e. The van der Waals surface area contributed by atoms with Crippen molar-refractivity contribution in [3.05, 3.63) is 74.2 Å². The van der Waals surface area contributed by atoms with Crippen LogP contribution in [0, 0.1) is 12.3 Å². The molecule has 0 aliphatic carbocycles. The number of anilines is 1. The Balaban J connectivity index is 1.64. The van der Waals surface area contributed by atoms with E-state index < -0.39 is 0 Å². The van der Waals surface area contributed by atoms with Crippen molar-refractivity contribution in [3.8, 4) is 11.3 Å². The van der Waals surface area contributed by atoms with Crippen LogP contribution in [0.2, 0.25) is 10.0 Å². The van der Waals surface area contributed by atoms with Gasteiger partial charge in [-0.3, -0.25) is 5.41 Å². The Hall–Kier alpha value is -2.34. The number of nitrogens with zero attached hydrogens (tertiary/aromatic N) is 2. The number of nitrogens with one attached hydrogen (secondary N) is 1. The number of rotatable bonds is 3. The van der Waals surface area contributed by atoms with Crippen LogP contribution in [0.5, 0.6) is 0 Å². The molecule has 0 unspecified atom stereocenters. The number of halogens is 2. The van der Waals surface area contributed by atoms with Gasteiger partial charge in [0, 0.05) is 26.7 Å². The van der Waals surface area contributed by atoms with Crippen LogP contribution in [0.15, 0.2) is 53.6 Å². The number of thiazole rings is 1. The molecular formula is C20H15Cl2N3OS. The van der Waals surface area contributed by atoms with Crippen molar-refractivity contribution in [2.75, 3.05) is 11.4 Å². The normalized spacial score (nSPS) is 14.3. The average Bonchev–Trinajstić information content (AvgIpc) is 3.22. The fourth-order valence-electron chi connectivity index (χ4n) is 2.92. The molecule has 2 aromatic carbocycles. The molecular weight excluding hydrogens is 401 g/mol. The minimum absolute atomic E-state index is 0.133. The van der Waals surface area contributed by atoms with Crippen molar-refractivity contribution < 1.29 is 5.11 Å². The highest BCUT2D eigenvalue weighted by atomic mass is 35.5. The lowest BCUT2D eigenvalue weighted by molar-refractivity contribution is 0.411. The molecule has 0 atom stereocenters. The summed E-state index contributed by atoms with van der Waals surface area (Å²) in [6.07, 6.45) is 0. The Bertz CT molecular complexity index is 1070. The zero-order chi connectivity index (χ0) is 19.1. The van der Waals surface area contributed by atoms with Gasteiger partial charge in [-0.05, 0) is 36.8 Å². The van der Waals surface area contributed by atoms with Gasteiger partial charge in [0.1, 0.15) is 16.6 Å². The molecule has 1 aromatic heterocycles. The lowest BCUT2D eigenvalue weighted by Crippen LogP contribution is -2.26. The highest BCUT2D eigenvalue weighted by Gasteiger charge is 2.31. The standard InChI is InChI=1S/C20H15Cl2N3OS/c1-11-2-7-14(8-15(11)22)25-9-17(26)18(19(25)23)20-24-16(10-27-20)12-3-5-13(21)6-4-12/h2-8,10,23,26H,9H2,1H3. The molecule has 0 fully saturated rings. The summed E-state index contributed by atoms with van der Waals surface area (Å²) < 4.78 is 0. The number of aryl methyl sites for hydroxylation is 1. The first kappa shape index (κ1) is 18.0. The van der Waals surface area contributed by atoms with Crippen molar-refractivity contribution in [1.82, 2.24) is 4.98 Å². The van der Waals surface area contributed by atoms with E-state index in [1.165, 1.54) is 11.3 Å². The molecule has 3 aromatic rings. The highest BCUT2D eigenvalue weighted by Crippen LogP contribution is 2.35. The van der Waals surface area contributed by atoms with E-state index in [0.29, 0.717) is 20.6 Å². The summed E-state index contributed by atoms with van der Waals surface area (Å²) in [5.41, 5.74) is 3.92. The molecule has 4 nitrogen and oxygen atoms in total. The molecule has 0 bridgehead atoms. The summed E-state index contributed by atoms with van der Waals surface area (Å²) in [6, 6.07) is 13.0. The Morgan fingerprint density at radius 2 is 1.89 bits per heavy atom. The number of benzene rings is 2. The minimum atomic E-state index is 0.133. The van der Waals surface area contributed by atoms with E-state index in [0.717, 1.165) is 22.5 Å². The molecule has 0 saturated heterocycles. The van der Waals surface area contributed by atoms with E-state index in [1.54, 1.807) is 4.90 Å². The van der Waals surface area contributed by atoms with Gasteiger partial charge in [-0.2, -0.15) is 0 Å². The zero-order valence-corrected chi connectivity index (χ0v) is 16.7. The Kier molecular flexibility index (Phi) is 4.68. The fraction of sp³-hybridized carbons (Fsp3) is 0.100. The Morgan fingerprint density at radius 3 is 2.59 bits per heavy atom. The summed E-state index contributed by atoms with van der Waals surface area (Å²) in [5.74, 6) is 0.345. The lowest BCUT2D eigenvalue weighted by Gasteiger charge is -2.19. The maximum absolute atomic E-state index is 10.5. The van der Waals surface area contributed by atoms with E-state index in [-0.39, 0.29) is 18.1 Å². The second kappa shape index (κ2) is 7.00. The predicted molar refractivity (Wildman–Crippen MR) is 113 cm³/mol. The van der Waals surface area contributed by atoms with Gasteiger partial charge in [0.2, 0.25) is 0 Å². The summed E-state index contributed by atoms with van der Waals surface area (Å²) in [5, 5.41) is 22.9. The second-order valence-electron chi connectivity index (χ2n) is 6.23. The molecule has 27 heavy (non-hydrogen) atoms. The average molecular weight is 416 g/mol. The fourth-order valence-corrected chi connectivity index (χ4v) is 4.11. The van der Waals surface area contributed by atoms with E-state index in [4.69, 9.17) is 28.6 Å². The van der Waals surface area contributed by atoms with Gasteiger partial charge in [-0.15, -0.1) is 11.3 Å². The molecule has 1 aliphatic heterocycles. The molecule has 0 radical (unpaired) electrons. The summed E-state index contributed by atoms with van der Waals surface area (Å²) in [6.45, 7) is 2.15. The van der Waals surface area contributed by atoms with Crippen molar-refractivity contribution in [2.45, 2.75) is 6.92 Å². The number of aromatic nitrogens is 1. The van der Waals surface area contributed by atoms with Crippen LogP contribution in [0.1, 0.15) is 10.6 Å². The molecule has 136 valence electrons. The minimum Gasteiger partial charge on any atom is -0.510 e. The van der Waals surface area contributed by atoms with Crippen LogP contribution in [0.3, 0.4) is 0 Å². The summed E-state index contributed by atoms with van der Waals surface area (Å²) in [7, 11) is 0. The SMILES string of the molecule is Cc1ccc(N2CC(O)=C(c3nc(-c4ccc(Cl)cc4)cs3)C2=N)cc1Cl. The smallest absolute Gasteiger partial charge is 0.139 e. The van der Waals surface area contributed by atoms with E-state index in [1.807, 2.05) is 54.8 Å². The Labute approximate surface area is 170 Å². The number of aliphatic hydroxyl groups excluding tert-OH is 1. The zero-order valence-electron chi connectivity index (χ0n) is 14.3. The van der Waals surface area contributed by atoms with E-state index >= 15 is 0 Å². The maximum Gasteiger partial charge on any atom is 0.139 e. The molecule has 0 amide bonds. The third-order valence-electron chi connectivity index (χ3n) is 4.43. The van der Waals surface area contributed by atoms with Crippen molar-refractivity contribution in [3.63, 3.8) is 0 Å². The van der Waals surface area contributed by atoms with Crippen molar-refractivity contribution >= 4 is 51.6 Å². The van der Waals surface area contributed by atoms with E-state index in [9.17, 15) is 5.11 Å². The van der Waals surface area contributed by atoms with Gasteiger partial charge in [-0.25, -0.2) is 4.98 Å². The monoisotopic (exact) mass is 415 g/mol. The number of aliphatic hydroxyl groups is 1. The first-order valence-corrected chi connectivity index (χ1v) is 9.84. The lowest BCUT2D eigenvalue weighted by atomic mass is 10.2. The highest BCUT2D eigenvalue weighted by molar-refractivity contribution is 7.11. The second-order valence-corrected chi connectivity index (χ2v) is 7.94. The van der Waals surface area contributed by atoms with Gasteiger partial charge < -0.3 is 10.0 Å². The van der Waals surface area contributed by atoms with Gasteiger partial charge in [-0.1, -0.05) is 41.4 Å². The van der Waals surface area contributed by atoms with Crippen molar-refractivity contribution in [1.29, 1.82) is 5.41 Å². The summed E-state index contributed by atoms with van der Waals surface area (Å²) >= 11 is 13.6. The maximum atomic E-state index is 10.5. The third kappa shape index (κ3) is 3.34. The van der Waals surface area contributed by atoms with Crippen LogP contribution in [-0.4, -0.2) is 22.5 Å². The third-order valence-corrected chi connectivity index (χ3v) is 5.95. The predicted octanol–water partition coefficient (Wildman–Crippen LogP) is 6.19. The number of hydrogen-bond acceptors (Lipinski definition) is 4.